The van der Waals surface area contributed by atoms with Gasteiger partial charge in [0.05, 0.1) is 11.0 Å². The van der Waals surface area contributed by atoms with Gasteiger partial charge in [0.1, 0.15) is 5.69 Å². The molecule has 3 heterocycles. The predicted molar refractivity (Wildman–Crippen MR) is 80.5 cm³/mol. The third kappa shape index (κ3) is 2.60. The van der Waals surface area contributed by atoms with E-state index in [4.69, 9.17) is 0 Å². The molecular formula is C15H18N4OS. The van der Waals surface area contributed by atoms with Gasteiger partial charge in [-0.05, 0) is 31.7 Å². The predicted octanol–water partition coefficient (Wildman–Crippen LogP) is 2.69. The van der Waals surface area contributed by atoms with E-state index in [0.717, 1.165) is 30.9 Å². The zero-order valence-electron chi connectivity index (χ0n) is 11.8. The number of nitrogens with zero attached hydrogens (tertiary/aromatic N) is 4. The van der Waals surface area contributed by atoms with Gasteiger partial charge in [-0.15, -0.1) is 11.3 Å². The molecule has 6 heteroatoms. The van der Waals surface area contributed by atoms with Crippen LogP contribution in [-0.4, -0.2) is 38.7 Å². The highest BCUT2D eigenvalue weighted by molar-refractivity contribution is 7.10. The molecule has 1 amide bonds. The second-order valence-electron chi connectivity index (χ2n) is 5.88. The monoisotopic (exact) mass is 302 g/mol. The number of hydrogen-bond donors (Lipinski definition) is 0. The van der Waals surface area contributed by atoms with Gasteiger partial charge in [0, 0.05) is 36.8 Å². The molecule has 2 aromatic heterocycles. The maximum Gasteiger partial charge on any atom is 0.273 e. The van der Waals surface area contributed by atoms with Crippen molar-refractivity contribution in [3.63, 3.8) is 0 Å². The lowest BCUT2D eigenvalue weighted by Crippen LogP contribution is -2.41. The molecular weight excluding hydrogens is 284 g/mol. The van der Waals surface area contributed by atoms with E-state index in [1.54, 1.807) is 17.5 Å². The van der Waals surface area contributed by atoms with Crippen LogP contribution in [0.1, 0.15) is 53.1 Å². The van der Waals surface area contributed by atoms with E-state index in [1.807, 2.05) is 27.2 Å². The summed E-state index contributed by atoms with van der Waals surface area (Å²) in [5.74, 6) is 0.699. The van der Waals surface area contributed by atoms with E-state index in [2.05, 4.69) is 10.1 Å². The first-order valence-electron chi connectivity index (χ1n) is 7.55. The van der Waals surface area contributed by atoms with Crippen molar-refractivity contribution < 1.29 is 4.79 Å². The molecule has 1 aliphatic heterocycles. The molecule has 5 nitrogen and oxygen atoms in total. The topological polar surface area (TPSA) is 51.0 Å². The molecule has 0 aromatic carbocycles. The molecule has 21 heavy (non-hydrogen) atoms. The van der Waals surface area contributed by atoms with Gasteiger partial charge >= 0.3 is 0 Å². The van der Waals surface area contributed by atoms with Crippen LogP contribution in [0.4, 0.5) is 0 Å². The summed E-state index contributed by atoms with van der Waals surface area (Å²) in [4.78, 5) is 19.1. The number of rotatable bonds is 3. The molecule has 2 aliphatic rings. The lowest BCUT2D eigenvalue weighted by atomic mass is 10.1. The van der Waals surface area contributed by atoms with Gasteiger partial charge in [-0.2, -0.15) is 5.10 Å². The fourth-order valence-corrected chi connectivity index (χ4v) is 3.88. The molecule has 0 bridgehead atoms. The molecule has 2 aromatic rings. The molecule has 0 N–H and O–H groups in total. The van der Waals surface area contributed by atoms with Gasteiger partial charge in [-0.3, -0.25) is 9.48 Å². The lowest BCUT2D eigenvalue weighted by Gasteiger charge is -2.32. The van der Waals surface area contributed by atoms with Crippen molar-refractivity contribution in [3.05, 3.63) is 34.5 Å². The number of likely N-dealkylation sites (tertiary alicyclic amines) is 1. The summed E-state index contributed by atoms with van der Waals surface area (Å²) in [6.45, 7) is 1.56. The first-order chi connectivity index (χ1) is 10.3. The molecule has 1 saturated carbocycles. The molecule has 0 spiro atoms. The van der Waals surface area contributed by atoms with Crippen molar-refractivity contribution in [2.45, 2.75) is 37.6 Å². The molecule has 0 unspecified atom stereocenters. The zero-order chi connectivity index (χ0) is 14.2. The van der Waals surface area contributed by atoms with E-state index in [-0.39, 0.29) is 5.91 Å². The van der Waals surface area contributed by atoms with Gasteiger partial charge in [0.2, 0.25) is 0 Å². The fourth-order valence-electron chi connectivity index (χ4n) is 2.92. The summed E-state index contributed by atoms with van der Waals surface area (Å²) < 4.78 is 1.97. The van der Waals surface area contributed by atoms with Crippen LogP contribution in [0, 0.1) is 0 Å². The van der Waals surface area contributed by atoms with E-state index in [1.165, 1.54) is 12.8 Å². The Kier molecular flexibility index (Phi) is 3.25. The molecule has 1 atom stereocenters. The van der Waals surface area contributed by atoms with E-state index in [0.29, 0.717) is 17.7 Å². The SMILES string of the molecule is O=C(c1csc(C2CC2)n1)N1CCC[C@@H](n2cccn2)C1. The summed E-state index contributed by atoms with van der Waals surface area (Å²) in [7, 11) is 0. The molecule has 110 valence electrons. The van der Waals surface area contributed by atoms with Crippen LogP contribution >= 0.6 is 11.3 Å². The Bertz CT molecular complexity index is 632. The van der Waals surface area contributed by atoms with Crippen molar-refractivity contribution in [3.8, 4) is 0 Å². The third-order valence-corrected chi connectivity index (χ3v) is 5.26. The quantitative estimate of drug-likeness (QED) is 0.876. The normalized spacial score (nSPS) is 22.5. The van der Waals surface area contributed by atoms with Crippen molar-refractivity contribution in [2.75, 3.05) is 13.1 Å². The van der Waals surface area contributed by atoms with E-state index in [9.17, 15) is 4.79 Å². The molecule has 0 radical (unpaired) electrons. The van der Waals surface area contributed by atoms with Gasteiger partial charge in [-0.25, -0.2) is 4.98 Å². The van der Waals surface area contributed by atoms with Crippen molar-refractivity contribution in [1.29, 1.82) is 0 Å². The second-order valence-corrected chi connectivity index (χ2v) is 6.77. The summed E-state index contributed by atoms with van der Waals surface area (Å²) in [6.07, 6.45) is 8.33. The second kappa shape index (κ2) is 5.26. The van der Waals surface area contributed by atoms with Gasteiger partial charge in [0.15, 0.2) is 0 Å². The van der Waals surface area contributed by atoms with Gasteiger partial charge in [0.25, 0.3) is 5.91 Å². The number of carbonyl (C=O) groups is 1. The number of thiazole rings is 1. The minimum atomic E-state index is 0.0787. The number of carbonyl (C=O) groups excluding carboxylic acids is 1. The summed E-state index contributed by atoms with van der Waals surface area (Å²) >= 11 is 1.63. The molecule has 4 rings (SSSR count). The summed E-state index contributed by atoms with van der Waals surface area (Å²) in [5, 5.41) is 7.37. The van der Waals surface area contributed by atoms with E-state index >= 15 is 0 Å². The fraction of sp³-hybridized carbons (Fsp3) is 0.533. The van der Waals surface area contributed by atoms with Crippen LogP contribution in [-0.2, 0) is 0 Å². The highest BCUT2D eigenvalue weighted by Crippen LogP contribution is 2.41. The standard InChI is InChI=1S/C15H18N4OS/c20-15(13-10-21-14(17-13)11-4-5-11)18-7-1-3-12(9-18)19-8-2-6-16-19/h2,6,8,10-12H,1,3-5,7,9H2/t12-/m1/s1. The van der Waals surface area contributed by atoms with Crippen molar-refractivity contribution in [2.24, 2.45) is 0 Å². The summed E-state index contributed by atoms with van der Waals surface area (Å²) in [6, 6.07) is 2.22. The highest BCUT2D eigenvalue weighted by atomic mass is 32.1. The van der Waals surface area contributed by atoms with Crippen molar-refractivity contribution in [1.82, 2.24) is 19.7 Å². The average molecular weight is 302 g/mol. The minimum Gasteiger partial charge on any atom is -0.335 e. The van der Waals surface area contributed by atoms with Crippen LogP contribution in [0.25, 0.3) is 0 Å². The third-order valence-electron chi connectivity index (χ3n) is 4.25. The Labute approximate surface area is 127 Å². The van der Waals surface area contributed by atoms with Gasteiger partial charge < -0.3 is 4.90 Å². The van der Waals surface area contributed by atoms with Crippen LogP contribution in [0.15, 0.2) is 23.8 Å². The largest absolute Gasteiger partial charge is 0.335 e. The maximum atomic E-state index is 12.6. The number of piperidine rings is 1. The Morgan fingerprint density at radius 1 is 1.33 bits per heavy atom. The number of hydrogen-bond acceptors (Lipinski definition) is 4. The molecule has 1 aliphatic carbocycles. The van der Waals surface area contributed by atoms with Crippen LogP contribution in [0.5, 0.6) is 0 Å². The average Bonchev–Trinajstić information content (AvgIpc) is 3.05. The van der Waals surface area contributed by atoms with E-state index < -0.39 is 0 Å². The zero-order valence-corrected chi connectivity index (χ0v) is 12.6. The number of amides is 1. The van der Waals surface area contributed by atoms with Crippen LogP contribution in [0.3, 0.4) is 0 Å². The first-order valence-corrected chi connectivity index (χ1v) is 8.43. The first kappa shape index (κ1) is 13.0. The van der Waals surface area contributed by atoms with Crippen LogP contribution < -0.4 is 0 Å². The van der Waals surface area contributed by atoms with Crippen molar-refractivity contribution >= 4 is 17.2 Å². The minimum absolute atomic E-state index is 0.0787. The number of aromatic nitrogens is 3. The Hall–Kier alpha value is -1.69. The smallest absolute Gasteiger partial charge is 0.273 e. The van der Waals surface area contributed by atoms with Gasteiger partial charge in [-0.1, -0.05) is 0 Å². The summed E-state index contributed by atoms with van der Waals surface area (Å²) in [5.41, 5.74) is 0.628. The molecule has 1 saturated heterocycles. The molecule has 2 fully saturated rings. The Morgan fingerprint density at radius 2 is 2.24 bits per heavy atom. The highest BCUT2D eigenvalue weighted by Gasteiger charge is 2.30. The lowest BCUT2D eigenvalue weighted by molar-refractivity contribution is 0.0667. The van der Waals surface area contributed by atoms with Crippen LogP contribution in [0.2, 0.25) is 0 Å². The maximum absolute atomic E-state index is 12.6. The Balaban J connectivity index is 1.47. The Morgan fingerprint density at radius 3 is 3.00 bits per heavy atom.